The van der Waals surface area contributed by atoms with Gasteiger partial charge < -0.3 is 9.84 Å². The van der Waals surface area contributed by atoms with Gasteiger partial charge in [-0.15, -0.1) is 0 Å². The highest BCUT2D eigenvalue weighted by molar-refractivity contribution is 5.90. The minimum absolute atomic E-state index is 0.0264. The minimum atomic E-state index is -1.14. The van der Waals surface area contributed by atoms with Crippen molar-refractivity contribution in [3.63, 3.8) is 0 Å². The minimum Gasteiger partial charge on any atom is -0.508 e. The number of carbonyl (C=O) groups is 1. The second-order valence-electron chi connectivity index (χ2n) is 2.50. The molecule has 0 saturated heterocycles. The number of hydrogen-bond acceptors (Lipinski definition) is 3. The number of benzene rings is 1. The molecule has 0 amide bonds. The number of halogens is 2. The van der Waals surface area contributed by atoms with Crippen molar-refractivity contribution in [2.75, 3.05) is 6.61 Å². The lowest BCUT2D eigenvalue weighted by Gasteiger charge is -2.04. The fourth-order valence-corrected chi connectivity index (χ4v) is 0.958. The number of phenols is 1. The molecule has 0 spiro atoms. The third kappa shape index (κ3) is 3.49. The Kier molecular flexibility index (Phi) is 6.07. The molecule has 0 bridgehead atoms. The molecule has 0 atom stereocenters. The molecule has 3 nitrogen and oxygen atoms in total. The van der Waals surface area contributed by atoms with E-state index < -0.39 is 28.9 Å². The predicted molar refractivity (Wildman–Crippen MR) is 55.3 cm³/mol. The zero-order valence-corrected chi connectivity index (χ0v) is 9.38. The highest BCUT2D eigenvalue weighted by Crippen LogP contribution is 2.20. The van der Waals surface area contributed by atoms with E-state index in [0.29, 0.717) is 12.1 Å². The summed E-state index contributed by atoms with van der Waals surface area (Å²) in [6.45, 7) is 5.55. The van der Waals surface area contributed by atoms with Crippen LogP contribution in [0, 0.1) is 11.6 Å². The first-order chi connectivity index (χ1) is 7.56. The van der Waals surface area contributed by atoms with Gasteiger partial charge in [-0.25, -0.2) is 13.6 Å². The second-order valence-corrected chi connectivity index (χ2v) is 2.50. The van der Waals surface area contributed by atoms with Crippen LogP contribution in [0.4, 0.5) is 8.78 Å². The normalized spacial score (nSPS) is 9.06. The molecule has 90 valence electrons. The number of hydrogen-bond donors (Lipinski definition) is 1. The smallest absolute Gasteiger partial charge is 0.344 e. The van der Waals surface area contributed by atoms with Crippen LogP contribution in [0.25, 0.3) is 0 Å². The third-order valence-corrected chi connectivity index (χ3v) is 1.51. The molecule has 1 aromatic rings. The van der Waals surface area contributed by atoms with Gasteiger partial charge in [0.2, 0.25) is 0 Å². The molecule has 5 heteroatoms. The summed E-state index contributed by atoms with van der Waals surface area (Å²) in [6.07, 6.45) is 0. The molecule has 0 aliphatic rings. The van der Waals surface area contributed by atoms with E-state index in [1.807, 2.05) is 13.8 Å². The quantitative estimate of drug-likeness (QED) is 0.797. The molecule has 0 aliphatic heterocycles. The third-order valence-electron chi connectivity index (χ3n) is 1.51. The van der Waals surface area contributed by atoms with Crippen molar-refractivity contribution in [3.8, 4) is 5.75 Å². The zero-order valence-electron chi connectivity index (χ0n) is 9.38. The number of rotatable bonds is 2. The van der Waals surface area contributed by atoms with Crippen molar-refractivity contribution >= 4 is 5.97 Å². The number of phenolic OH excluding ortho intramolecular Hbond substituents is 1. The molecular weight excluding hydrogens is 218 g/mol. The van der Waals surface area contributed by atoms with E-state index in [9.17, 15) is 13.6 Å². The Hall–Kier alpha value is -1.65. The van der Waals surface area contributed by atoms with Gasteiger partial charge in [0.15, 0.2) is 0 Å². The average molecular weight is 232 g/mol. The summed E-state index contributed by atoms with van der Waals surface area (Å²) in [5.74, 6) is -3.93. The maximum atomic E-state index is 13.0. The molecule has 16 heavy (non-hydrogen) atoms. The Labute approximate surface area is 92.7 Å². The molecular formula is C11H14F2O3. The van der Waals surface area contributed by atoms with Gasteiger partial charge in [-0.2, -0.15) is 0 Å². The van der Waals surface area contributed by atoms with Crippen LogP contribution in [0.5, 0.6) is 5.75 Å². The van der Waals surface area contributed by atoms with Crippen molar-refractivity contribution in [1.82, 2.24) is 0 Å². The first kappa shape index (κ1) is 14.3. The summed E-state index contributed by atoms with van der Waals surface area (Å²) in [6, 6.07) is 1.30. The van der Waals surface area contributed by atoms with Gasteiger partial charge in [0.1, 0.15) is 22.9 Å². The first-order valence-electron chi connectivity index (χ1n) is 4.91. The van der Waals surface area contributed by atoms with Crippen LogP contribution in [0.2, 0.25) is 0 Å². The van der Waals surface area contributed by atoms with Crippen molar-refractivity contribution in [2.45, 2.75) is 20.8 Å². The lowest BCUT2D eigenvalue weighted by Crippen LogP contribution is -2.09. The van der Waals surface area contributed by atoms with Crippen LogP contribution in [0.1, 0.15) is 31.1 Å². The Morgan fingerprint density at radius 1 is 1.31 bits per heavy atom. The van der Waals surface area contributed by atoms with Crippen LogP contribution in [-0.2, 0) is 4.74 Å². The summed E-state index contributed by atoms with van der Waals surface area (Å²) in [5, 5.41) is 8.80. The monoisotopic (exact) mass is 232 g/mol. The molecule has 1 rings (SSSR count). The molecule has 0 unspecified atom stereocenters. The molecule has 0 aliphatic carbocycles. The number of ether oxygens (including phenoxy) is 1. The molecule has 0 radical (unpaired) electrons. The summed E-state index contributed by atoms with van der Waals surface area (Å²) in [5.41, 5.74) is -0.787. The van der Waals surface area contributed by atoms with E-state index in [1.54, 1.807) is 0 Å². The van der Waals surface area contributed by atoms with E-state index >= 15 is 0 Å². The Morgan fingerprint density at radius 2 is 1.75 bits per heavy atom. The lowest BCUT2D eigenvalue weighted by molar-refractivity contribution is 0.0515. The van der Waals surface area contributed by atoms with E-state index in [1.165, 1.54) is 6.92 Å². The highest BCUT2D eigenvalue weighted by Gasteiger charge is 2.19. The molecule has 1 aromatic carbocycles. The fourth-order valence-electron chi connectivity index (χ4n) is 0.958. The SMILES string of the molecule is CC.CCOC(=O)c1c(F)cc(O)cc1F. The lowest BCUT2D eigenvalue weighted by atomic mass is 10.2. The van der Waals surface area contributed by atoms with Gasteiger partial charge in [0.25, 0.3) is 0 Å². The largest absolute Gasteiger partial charge is 0.508 e. The fraction of sp³-hybridized carbons (Fsp3) is 0.364. The molecule has 0 aromatic heterocycles. The molecule has 0 fully saturated rings. The van der Waals surface area contributed by atoms with Gasteiger partial charge in [-0.1, -0.05) is 13.8 Å². The summed E-state index contributed by atoms with van der Waals surface area (Å²) < 4.78 is 30.4. The maximum Gasteiger partial charge on any atom is 0.344 e. The number of carbonyl (C=O) groups excluding carboxylic acids is 1. The van der Waals surface area contributed by atoms with Crippen LogP contribution in [0.3, 0.4) is 0 Å². The van der Waals surface area contributed by atoms with E-state index in [4.69, 9.17) is 5.11 Å². The van der Waals surface area contributed by atoms with Crippen LogP contribution >= 0.6 is 0 Å². The predicted octanol–water partition coefficient (Wildman–Crippen LogP) is 2.87. The molecule has 0 heterocycles. The summed E-state index contributed by atoms with van der Waals surface area (Å²) in [7, 11) is 0. The van der Waals surface area contributed by atoms with Crippen molar-refractivity contribution in [3.05, 3.63) is 29.3 Å². The van der Waals surface area contributed by atoms with Gasteiger partial charge in [0, 0.05) is 12.1 Å². The highest BCUT2D eigenvalue weighted by atomic mass is 19.1. The summed E-state index contributed by atoms with van der Waals surface area (Å²) >= 11 is 0. The van der Waals surface area contributed by atoms with Crippen molar-refractivity contribution < 1.29 is 23.4 Å². The van der Waals surface area contributed by atoms with Crippen LogP contribution in [0.15, 0.2) is 12.1 Å². The number of aromatic hydroxyl groups is 1. The van der Waals surface area contributed by atoms with Crippen LogP contribution in [-0.4, -0.2) is 17.7 Å². The van der Waals surface area contributed by atoms with Gasteiger partial charge in [-0.3, -0.25) is 0 Å². The molecule has 0 saturated carbocycles. The Bertz CT molecular complexity index is 341. The van der Waals surface area contributed by atoms with Gasteiger partial charge in [0.05, 0.1) is 6.61 Å². The Morgan fingerprint density at radius 3 is 2.12 bits per heavy atom. The standard InChI is InChI=1S/C9H8F2O3.C2H6/c1-2-14-9(13)8-6(10)3-5(12)4-7(8)11;1-2/h3-4,12H,2H2,1H3;1-2H3. The first-order valence-corrected chi connectivity index (χ1v) is 4.91. The maximum absolute atomic E-state index is 13.0. The Balaban J connectivity index is 0.00000106. The molecule has 1 N–H and O–H groups in total. The second kappa shape index (κ2) is 6.76. The zero-order chi connectivity index (χ0) is 12.7. The van der Waals surface area contributed by atoms with E-state index in [2.05, 4.69) is 4.74 Å². The van der Waals surface area contributed by atoms with E-state index in [-0.39, 0.29) is 6.61 Å². The van der Waals surface area contributed by atoms with Gasteiger partial charge >= 0.3 is 5.97 Å². The van der Waals surface area contributed by atoms with E-state index in [0.717, 1.165) is 0 Å². The van der Waals surface area contributed by atoms with Crippen molar-refractivity contribution in [1.29, 1.82) is 0 Å². The number of esters is 1. The summed E-state index contributed by atoms with van der Waals surface area (Å²) in [4.78, 5) is 11.0. The van der Waals surface area contributed by atoms with Crippen LogP contribution < -0.4 is 0 Å². The topological polar surface area (TPSA) is 46.5 Å². The van der Waals surface area contributed by atoms with Gasteiger partial charge in [-0.05, 0) is 6.92 Å². The van der Waals surface area contributed by atoms with Crippen molar-refractivity contribution in [2.24, 2.45) is 0 Å². The average Bonchev–Trinajstić information content (AvgIpc) is 2.19.